The Morgan fingerprint density at radius 1 is 1.56 bits per heavy atom. The van der Waals surface area contributed by atoms with Crippen molar-refractivity contribution in [3.05, 3.63) is 0 Å². The number of aliphatic carboxylic acids is 1. The van der Waals surface area contributed by atoms with Gasteiger partial charge in [-0.05, 0) is 6.42 Å². The van der Waals surface area contributed by atoms with E-state index in [0.29, 0.717) is 25.8 Å². The molecule has 0 radical (unpaired) electrons. The van der Waals surface area contributed by atoms with Crippen LogP contribution in [0.5, 0.6) is 0 Å². The lowest BCUT2D eigenvalue weighted by Crippen LogP contribution is -2.45. The van der Waals surface area contributed by atoms with Crippen LogP contribution in [0.25, 0.3) is 0 Å². The number of piperidine rings is 1. The molecule has 0 saturated carbocycles. The van der Waals surface area contributed by atoms with Crippen LogP contribution in [0, 0.1) is 5.92 Å². The molecule has 1 N–H and O–H groups in total. The van der Waals surface area contributed by atoms with Gasteiger partial charge in [-0.15, -0.1) is 0 Å². The summed E-state index contributed by atoms with van der Waals surface area (Å²) in [6.07, 6.45) is 1.70. The summed E-state index contributed by atoms with van der Waals surface area (Å²) in [6.45, 7) is 2.10. The third-order valence-electron chi connectivity index (χ3n) is 3.64. The molecule has 2 saturated heterocycles. The highest BCUT2D eigenvalue weighted by Gasteiger charge is 2.44. The fourth-order valence-electron chi connectivity index (χ4n) is 2.41. The van der Waals surface area contributed by atoms with Gasteiger partial charge in [-0.2, -0.15) is 0 Å². The fourth-order valence-corrected chi connectivity index (χ4v) is 2.41. The van der Waals surface area contributed by atoms with Crippen LogP contribution < -0.4 is 0 Å². The normalized spacial score (nSPS) is 27.8. The summed E-state index contributed by atoms with van der Waals surface area (Å²) >= 11 is 0. The van der Waals surface area contributed by atoms with Crippen molar-refractivity contribution >= 4 is 17.8 Å². The summed E-state index contributed by atoms with van der Waals surface area (Å²) in [5, 5.41) is 8.75. The molecule has 0 aromatic heterocycles. The molecule has 18 heavy (non-hydrogen) atoms. The molecular weight excluding hydrogens is 238 g/mol. The largest absolute Gasteiger partial charge is 0.481 e. The van der Waals surface area contributed by atoms with Gasteiger partial charge >= 0.3 is 11.9 Å². The van der Waals surface area contributed by atoms with Gasteiger partial charge in [0.05, 0.1) is 5.92 Å². The first-order valence-electron chi connectivity index (χ1n) is 6.22. The van der Waals surface area contributed by atoms with E-state index in [9.17, 15) is 14.4 Å². The lowest BCUT2D eigenvalue weighted by atomic mass is 10.0. The topological polar surface area (TPSA) is 83.9 Å². The first-order chi connectivity index (χ1) is 8.49. The molecule has 0 unspecified atom stereocenters. The van der Waals surface area contributed by atoms with Crippen molar-refractivity contribution in [1.29, 1.82) is 0 Å². The van der Waals surface area contributed by atoms with Gasteiger partial charge in [0.25, 0.3) is 0 Å². The first kappa shape index (κ1) is 12.9. The Morgan fingerprint density at radius 3 is 2.94 bits per heavy atom. The number of esters is 1. The number of carboxylic acids is 1. The zero-order chi connectivity index (χ0) is 13.3. The van der Waals surface area contributed by atoms with E-state index < -0.39 is 17.9 Å². The van der Waals surface area contributed by atoms with E-state index in [-0.39, 0.29) is 24.4 Å². The van der Waals surface area contributed by atoms with Crippen LogP contribution >= 0.6 is 0 Å². The number of nitrogens with zero attached hydrogens (tertiary/aromatic N) is 1. The highest BCUT2D eigenvalue weighted by Crippen LogP contribution is 2.29. The quantitative estimate of drug-likeness (QED) is 0.735. The molecule has 3 atom stereocenters. The van der Waals surface area contributed by atoms with Gasteiger partial charge in [0.15, 0.2) is 0 Å². The van der Waals surface area contributed by atoms with Crippen LogP contribution in [0.4, 0.5) is 0 Å². The second-order valence-corrected chi connectivity index (χ2v) is 4.96. The van der Waals surface area contributed by atoms with Crippen LogP contribution in [0.15, 0.2) is 0 Å². The third kappa shape index (κ3) is 2.47. The van der Waals surface area contributed by atoms with Crippen molar-refractivity contribution in [2.24, 2.45) is 5.92 Å². The maximum Gasteiger partial charge on any atom is 0.329 e. The summed E-state index contributed by atoms with van der Waals surface area (Å²) in [5.41, 5.74) is 0. The predicted octanol–water partition coefficient (Wildman–Crippen LogP) is 0.404. The van der Waals surface area contributed by atoms with Crippen LogP contribution in [0.1, 0.15) is 32.6 Å². The Kier molecular flexibility index (Phi) is 3.54. The minimum Gasteiger partial charge on any atom is -0.481 e. The average Bonchev–Trinajstić information content (AvgIpc) is 2.61. The van der Waals surface area contributed by atoms with E-state index in [1.165, 1.54) is 0 Å². The number of hydrogen-bond acceptors (Lipinski definition) is 4. The molecule has 2 aliphatic rings. The third-order valence-corrected chi connectivity index (χ3v) is 3.64. The molecule has 2 rings (SSSR count). The standard InChI is InChI=1S/C12H17NO5/c1-7(11(15)16)2-3-10(14)13-5-4-8-6-9(13)12(17)18-8/h7-9H,2-6H2,1H3,(H,15,16)/t7-,8+,9+/m0/s1. The molecule has 0 spiro atoms. The van der Waals surface area contributed by atoms with Crippen LogP contribution in [-0.2, 0) is 19.1 Å². The molecule has 0 aromatic rings. The average molecular weight is 255 g/mol. The number of carbonyl (C=O) groups is 3. The molecule has 2 bridgehead atoms. The van der Waals surface area contributed by atoms with Gasteiger partial charge in [-0.3, -0.25) is 9.59 Å². The second kappa shape index (κ2) is 4.96. The molecule has 2 aliphatic heterocycles. The Hall–Kier alpha value is -1.59. The van der Waals surface area contributed by atoms with E-state index >= 15 is 0 Å². The van der Waals surface area contributed by atoms with E-state index in [4.69, 9.17) is 9.84 Å². The maximum absolute atomic E-state index is 12.0. The lowest BCUT2D eigenvalue weighted by molar-refractivity contribution is -0.147. The van der Waals surface area contributed by atoms with Gasteiger partial charge < -0.3 is 14.7 Å². The van der Waals surface area contributed by atoms with E-state index in [1.807, 2.05) is 0 Å². The van der Waals surface area contributed by atoms with Crippen molar-refractivity contribution in [2.45, 2.75) is 44.8 Å². The molecule has 6 heteroatoms. The van der Waals surface area contributed by atoms with Gasteiger partial charge in [0, 0.05) is 25.8 Å². The summed E-state index contributed by atoms with van der Waals surface area (Å²) in [5.74, 6) is -1.91. The van der Waals surface area contributed by atoms with E-state index in [1.54, 1.807) is 11.8 Å². The number of carbonyl (C=O) groups excluding carboxylic acids is 2. The minimum absolute atomic E-state index is 0.0375. The maximum atomic E-state index is 12.0. The van der Waals surface area contributed by atoms with E-state index in [0.717, 1.165) is 0 Å². The highest BCUT2D eigenvalue weighted by atomic mass is 16.6. The van der Waals surface area contributed by atoms with Crippen molar-refractivity contribution in [2.75, 3.05) is 6.54 Å². The van der Waals surface area contributed by atoms with Crippen molar-refractivity contribution in [3.8, 4) is 0 Å². The second-order valence-electron chi connectivity index (χ2n) is 4.96. The van der Waals surface area contributed by atoms with Crippen LogP contribution in [0.2, 0.25) is 0 Å². The minimum atomic E-state index is -0.901. The molecule has 2 fully saturated rings. The molecule has 0 aromatic carbocycles. The number of fused-ring (bicyclic) bond motifs is 2. The van der Waals surface area contributed by atoms with E-state index in [2.05, 4.69) is 0 Å². The van der Waals surface area contributed by atoms with Crippen LogP contribution in [-0.4, -0.2) is 46.5 Å². The molecule has 0 aliphatic carbocycles. The number of likely N-dealkylation sites (tertiary alicyclic amines) is 1. The SMILES string of the molecule is C[C@@H](CCC(=O)N1CC[C@@H]2C[C@@H]1C(=O)O2)C(=O)O. The van der Waals surface area contributed by atoms with Gasteiger partial charge in [-0.1, -0.05) is 6.92 Å². The summed E-state index contributed by atoms with van der Waals surface area (Å²) < 4.78 is 5.10. The van der Waals surface area contributed by atoms with Gasteiger partial charge in [-0.25, -0.2) is 4.79 Å². The number of rotatable bonds is 4. The summed E-state index contributed by atoms with van der Waals surface area (Å²) in [4.78, 5) is 35.7. The van der Waals surface area contributed by atoms with Crippen molar-refractivity contribution in [1.82, 2.24) is 4.90 Å². The van der Waals surface area contributed by atoms with Crippen molar-refractivity contribution in [3.63, 3.8) is 0 Å². The molecule has 1 amide bonds. The number of carboxylic acid groups (broad SMARTS) is 1. The summed E-state index contributed by atoms with van der Waals surface area (Å²) in [7, 11) is 0. The smallest absolute Gasteiger partial charge is 0.329 e. The Bertz CT molecular complexity index is 381. The zero-order valence-electron chi connectivity index (χ0n) is 10.3. The van der Waals surface area contributed by atoms with Gasteiger partial charge in [0.1, 0.15) is 12.1 Å². The molecular formula is C12H17NO5. The number of amides is 1. The Labute approximate surface area is 105 Å². The summed E-state index contributed by atoms with van der Waals surface area (Å²) in [6, 6.07) is -0.448. The molecule has 100 valence electrons. The predicted molar refractivity (Wildman–Crippen MR) is 60.6 cm³/mol. The van der Waals surface area contributed by atoms with Gasteiger partial charge in [0.2, 0.25) is 5.91 Å². The molecule has 6 nitrogen and oxygen atoms in total. The molecule has 2 heterocycles. The Morgan fingerprint density at radius 2 is 2.28 bits per heavy atom. The highest BCUT2D eigenvalue weighted by molar-refractivity contribution is 5.86. The number of ether oxygens (including phenoxy) is 1. The Balaban J connectivity index is 1.89. The lowest BCUT2D eigenvalue weighted by Gasteiger charge is -2.29. The zero-order valence-corrected chi connectivity index (χ0v) is 10.3. The fraction of sp³-hybridized carbons (Fsp3) is 0.750. The number of hydrogen-bond donors (Lipinski definition) is 1. The van der Waals surface area contributed by atoms with Crippen molar-refractivity contribution < 1.29 is 24.2 Å². The monoisotopic (exact) mass is 255 g/mol. The first-order valence-corrected chi connectivity index (χ1v) is 6.22. The van der Waals surface area contributed by atoms with Crippen LogP contribution in [0.3, 0.4) is 0 Å².